The van der Waals surface area contributed by atoms with Crippen molar-refractivity contribution in [3.63, 3.8) is 0 Å². The lowest BCUT2D eigenvalue weighted by atomic mass is 10.0. The van der Waals surface area contributed by atoms with Crippen LogP contribution in [-0.4, -0.2) is 30.6 Å². The maximum atomic E-state index is 4.66. The Labute approximate surface area is 178 Å². The summed E-state index contributed by atoms with van der Waals surface area (Å²) in [5.41, 5.74) is 2.43. The molecule has 2 aromatic carbocycles. The van der Waals surface area contributed by atoms with Crippen molar-refractivity contribution in [2.45, 2.75) is 19.8 Å². The molecule has 0 aliphatic heterocycles. The Morgan fingerprint density at radius 3 is 2.56 bits per heavy atom. The van der Waals surface area contributed by atoms with Gasteiger partial charge in [-0.25, -0.2) is 0 Å². The number of aromatic nitrogens is 1. The van der Waals surface area contributed by atoms with Crippen LogP contribution in [0, 0.1) is 0 Å². The summed E-state index contributed by atoms with van der Waals surface area (Å²) in [7, 11) is 0. The summed E-state index contributed by atoms with van der Waals surface area (Å²) in [4.78, 5) is 9.00. The molecular formula is C22H27IN4. The highest BCUT2D eigenvalue weighted by Gasteiger charge is 2.02. The van der Waals surface area contributed by atoms with Crippen molar-refractivity contribution in [2.24, 2.45) is 4.99 Å². The Kier molecular flexibility index (Phi) is 9.04. The standard InChI is InChI=1S/C22H26N4.HI/c1-2-23-22(26-17-14-20-11-5-6-15-24-20)25-16-13-19-10-7-9-18-8-3-4-12-21(18)19;/h3-12,15H,2,13-14,16-17H2,1H3,(H2,23,25,26);1H. The number of pyridine rings is 1. The second kappa shape index (κ2) is 11.5. The SMILES string of the molecule is CCNC(=NCCc1ccccn1)NCCc1cccc2ccccc12.I. The van der Waals surface area contributed by atoms with E-state index in [0.717, 1.165) is 44.1 Å². The number of rotatable bonds is 7. The number of fused-ring (bicyclic) bond motifs is 1. The number of hydrogen-bond donors (Lipinski definition) is 2. The average molecular weight is 474 g/mol. The summed E-state index contributed by atoms with van der Waals surface area (Å²) in [5, 5.41) is 9.37. The molecule has 0 amide bonds. The van der Waals surface area contributed by atoms with Crippen LogP contribution in [0.2, 0.25) is 0 Å². The molecule has 0 bridgehead atoms. The highest BCUT2D eigenvalue weighted by atomic mass is 127. The van der Waals surface area contributed by atoms with Gasteiger partial charge in [0.1, 0.15) is 0 Å². The number of aliphatic imine (C=N–C) groups is 1. The van der Waals surface area contributed by atoms with Crippen LogP contribution in [0.25, 0.3) is 10.8 Å². The molecule has 0 saturated heterocycles. The zero-order chi connectivity index (χ0) is 18.0. The van der Waals surface area contributed by atoms with Gasteiger partial charge in [0, 0.05) is 37.9 Å². The molecule has 0 aliphatic carbocycles. The van der Waals surface area contributed by atoms with Gasteiger partial charge in [-0.2, -0.15) is 0 Å². The molecule has 2 N–H and O–H groups in total. The van der Waals surface area contributed by atoms with Gasteiger partial charge in [0.15, 0.2) is 5.96 Å². The zero-order valence-corrected chi connectivity index (χ0v) is 18.0. The van der Waals surface area contributed by atoms with Crippen LogP contribution in [0.3, 0.4) is 0 Å². The van der Waals surface area contributed by atoms with E-state index in [1.165, 1.54) is 16.3 Å². The van der Waals surface area contributed by atoms with Gasteiger partial charge in [-0.1, -0.05) is 48.5 Å². The van der Waals surface area contributed by atoms with Crippen molar-refractivity contribution in [3.05, 3.63) is 78.1 Å². The third-order valence-electron chi connectivity index (χ3n) is 4.27. The Morgan fingerprint density at radius 2 is 1.74 bits per heavy atom. The molecule has 0 unspecified atom stereocenters. The number of nitrogens with one attached hydrogen (secondary N) is 2. The summed E-state index contributed by atoms with van der Waals surface area (Å²) in [5.74, 6) is 0.865. The molecule has 3 rings (SSSR count). The minimum Gasteiger partial charge on any atom is -0.357 e. The van der Waals surface area contributed by atoms with E-state index in [2.05, 4.69) is 70.0 Å². The predicted octanol–water partition coefficient (Wildman–Crippen LogP) is 4.19. The molecule has 0 saturated carbocycles. The van der Waals surface area contributed by atoms with Crippen LogP contribution in [-0.2, 0) is 12.8 Å². The molecule has 0 radical (unpaired) electrons. The topological polar surface area (TPSA) is 49.3 Å². The molecule has 1 heterocycles. The fraction of sp³-hybridized carbons (Fsp3) is 0.273. The number of nitrogens with zero attached hydrogens (tertiary/aromatic N) is 2. The first-order valence-corrected chi connectivity index (χ1v) is 9.25. The second-order valence-electron chi connectivity index (χ2n) is 6.15. The summed E-state index contributed by atoms with van der Waals surface area (Å²) >= 11 is 0. The molecule has 5 heteroatoms. The van der Waals surface area contributed by atoms with Gasteiger partial charge < -0.3 is 10.6 Å². The smallest absolute Gasteiger partial charge is 0.191 e. The molecule has 3 aromatic rings. The first kappa shape index (κ1) is 21.2. The van der Waals surface area contributed by atoms with E-state index >= 15 is 0 Å². The van der Waals surface area contributed by atoms with Gasteiger partial charge >= 0.3 is 0 Å². The minimum absolute atomic E-state index is 0. The van der Waals surface area contributed by atoms with E-state index in [1.807, 2.05) is 24.4 Å². The van der Waals surface area contributed by atoms with E-state index < -0.39 is 0 Å². The molecule has 0 atom stereocenters. The fourth-order valence-corrected chi connectivity index (χ4v) is 3.00. The number of guanidine groups is 1. The van der Waals surface area contributed by atoms with Crippen molar-refractivity contribution in [1.29, 1.82) is 0 Å². The monoisotopic (exact) mass is 474 g/mol. The summed E-state index contributed by atoms with van der Waals surface area (Å²) < 4.78 is 0. The molecule has 142 valence electrons. The Bertz CT molecular complexity index is 844. The van der Waals surface area contributed by atoms with Crippen molar-refractivity contribution in [2.75, 3.05) is 19.6 Å². The largest absolute Gasteiger partial charge is 0.357 e. The molecular weight excluding hydrogens is 447 g/mol. The quantitative estimate of drug-likeness (QED) is 0.307. The fourth-order valence-electron chi connectivity index (χ4n) is 3.00. The third-order valence-corrected chi connectivity index (χ3v) is 4.27. The van der Waals surface area contributed by atoms with E-state index in [-0.39, 0.29) is 24.0 Å². The van der Waals surface area contributed by atoms with Crippen LogP contribution in [0.1, 0.15) is 18.2 Å². The highest BCUT2D eigenvalue weighted by molar-refractivity contribution is 14.0. The Hall–Kier alpha value is -2.15. The van der Waals surface area contributed by atoms with Crippen LogP contribution >= 0.6 is 24.0 Å². The van der Waals surface area contributed by atoms with Crippen LogP contribution in [0.4, 0.5) is 0 Å². The molecule has 0 spiro atoms. The Balaban J connectivity index is 0.00000261. The lowest BCUT2D eigenvalue weighted by Crippen LogP contribution is -2.38. The van der Waals surface area contributed by atoms with Gasteiger partial charge in [0.2, 0.25) is 0 Å². The highest BCUT2D eigenvalue weighted by Crippen LogP contribution is 2.18. The summed E-state index contributed by atoms with van der Waals surface area (Å²) in [6.45, 7) is 4.51. The van der Waals surface area contributed by atoms with Crippen molar-refractivity contribution < 1.29 is 0 Å². The van der Waals surface area contributed by atoms with Gasteiger partial charge in [0.05, 0.1) is 0 Å². The van der Waals surface area contributed by atoms with Gasteiger partial charge in [0.25, 0.3) is 0 Å². The van der Waals surface area contributed by atoms with E-state index in [9.17, 15) is 0 Å². The third kappa shape index (κ3) is 6.50. The zero-order valence-electron chi connectivity index (χ0n) is 15.7. The van der Waals surface area contributed by atoms with Crippen molar-refractivity contribution in [3.8, 4) is 0 Å². The maximum absolute atomic E-state index is 4.66. The summed E-state index contributed by atoms with van der Waals surface area (Å²) in [6, 6.07) is 21.0. The van der Waals surface area contributed by atoms with E-state index in [1.54, 1.807) is 0 Å². The van der Waals surface area contributed by atoms with Crippen LogP contribution in [0.5, 0.6) is 0 Å². The lowest BCUT2D eigenvalue weighted by Gasteiger charge is -2.12. The molecule has 4 nitrogen and oxygen atoms in total. The van der Waals surface area contributed by atoms with Crippen LogP contribution < -0.4 is 10.6 Å². The van der Waals surface area contributed by atoms with Crippen molar-refractivity contribution in [1.82, 2.24) is 15.6 Å². The van der Waals surface area contributed by atoms with Gasteiger partial charge in [-0.3, -0.25) is 9.98 Å². The van der Waals surface area contributed by atoms with E-state index in [4.69, 9.17) is 0 Å². The Morgan fingerprint density at radius 1 is 0.926 bits per heavy atom. The first-order chi connectivity index (χ1) is 12.9. The predicted molar refractivity (Wildman–Crippen MR) is 125 cm³/mol. The first-order valence-electron chi connectivity index (χ1n) is 9.25. The minimum atomic E-state index is 0. The number of benzene rings is 2. The molecule has 0 fully saturated rings. The molecule has 27 heavy (non-hydrogen) atoms. The average Bonchev–Trinajstić information content (AvgIpc) is 2.69. The normalized spacial score (nSPS) is 11.1. The molecule has 1 aromatic heterocycles. The molecule has 0 aliphatic rings. The second-order valence-corrected chi connectivity index (χ2v) is 6.15. The van der Waals surface area contributed by atoms with Gasteiger partial charge in [-0.05, 0) is 41.8 Å². The van der Waals surface area contributed by atoms with Crippen LogP contribution in [0.15, 0.2) is 71.9 Å². The number of hydrogen-bond acceptors (Lipinski definition) is 2. The van der Waals surface area contributed by atoms with Crippen molar-refractivity contribution >= 4 is 40.7 Å². The number of halogens is 1. The summed E-state index contributed by atoms with van der Waals surface area (Å²) in [6.07, 6.45) is 3.64. The van der Waals surface area contributed by atoms with E-state index in [0.29, 0.717) is 0 Å². The lowest BCUT2D eigenvalue weighted by molar-refractivity contribution is 0.796. The maximum Gasteiger partial charge on any atom is 0.191 e. The van der Waals surface area contributed by atoms with Gasteiger partial charge in [-0.15, -0.1) is 24.0 Å².